The minimum absolute atomic E-state index is 0.223. The molecule has 1 aromatic carbocycles. The van der Waals surface area contributed by atoms with Crippen LogP contribution in [0.25, 0.3) is 22.2 Å². The highest BCUT2D eigenvalue weighted by atomic mass is 19.1. The molecule has 0 amide bonds. The highest BCUT2D eigenvalue weighted by Gasteiger charge is 2.24. The van der Waals surface area contributed by atoms with E-state index >= 15 is 0 Å². The van der Waals surface area contributed by atoms with Gasteiger partial charge in [0, 0.05) is 42.5 Å². The molecule has 4 rings (SSSR count). The number of ether oxygens (including phenoxy) is 1. The summed E-state index contributed by atoms with van der Waals surface area (Å²) < 4.78 is 19.2. The lowest BCUT2D eigenvalue weighted by Gasteiger charge is -2.35. The molecule has 0 saturated carbocycles. The van der Waals surface area contributed by atoms with Crippen LogP contribution < -0.4 is 0 Å². The molecule has 0 radical (unpaired) electrons. The van der Waals surface area contributed by atoms with Crippen LogP contribution in [0.4, 0.5) is 4.39 Å². The standard InChI is InChI=1S/C20H22FN3O/c1-13-10-24(11-14(2)25-13)12-18-19(15-5-7-16(21)8-6-15)17-4-3-9-22-20(17)23-18/h3-9,13-14H,10-12H2,1-2H3,(H,22,23). The van der Waals surface area contributed by atoms with E-state index in [0.29, 0.717) is 0 Å². The number of benzene rings is 1. The van der Waals surface area contributed by atoms with Crippen LogP contribution >= 0.6 is 0 Å². The van der Waals surface area contributed by atoms with Crippen molar-refractivity contribution in [3.63, 3.8) is 0 Å². The molecule has 1 saturated heterocycles. The maximum atomic E-state index is 13.4. The van der Waals surface area contributed by atoms with Gasteiger partial charge in [0.15, 0.2) is 0 Å². The summed E-state index contributed by atoms with van der Waals surface area (Å²) in [6.07, 6.45) is 2.23. The van der Waals surface area contributed by atoms with Crippen LogP contribution in [0.2, 0.25) is 0 Å². The third-order valence-corrected chi connectivity index (χ3v) is 4.66. The first-order chi connectivity index (χ1) is 12.1. The third-order valence-electron chi connectivity index (χ3n) is 4.66. The van der Waals surface area contributed by atoms with Gasteiger partial charge in [0.2, 0.25) is 0 Å². The van der Waals surface area contributed by atoms with E-state index in [0.717, 1.165) is 47.5 Å². The maximum Gasteiger partial charge on any atom is 0.138 e. The topological polar surface area (TPSA) is 41.2 Å². The van der Waals surface area contributed by atoms with E-state index in [1.807, 2.05) is 18.2 Å². The molecular formula is C20H22FN3O. The number of nitrogens with one attached hydrogen (secondary N) is 1. The van der Waals surface area contributed by atoms with Crippen molar-refractivity contribution in [3.8, 4) is 11.1 Å². The smallest absolute Gasteiger partial charge is 0.138 e. The first-order valence-electron chi connectivity index (χ1n) is 8.69. The van der Waals surface area contributed by atoms with E-state index in [1.54, 1.807) is 6.20 Å². The molecule has 1 fully saturated rings. The zero-order chi connectivity index (χ0) is 17.4. The van der Waals surface area contributed by atoms with Crippen molar-refractivity contribution in [2.45, 2.75) is 32.6 Å². The van der Waals surface area contributed by atoms with Crippen molar-refractivity contribution >= 4 is 11.0 Å². The van der Waals surface area contributed by atoms with Crippen LogP contribution in [-0.2, 0) is 11.3 Å². The normalized spacial score (nSPS) is 21.7. The predicted molar refractivity (Wildman–Crippen MR) is 96.8 cm³/mol. The second kappa shape index (κ2) is 6.58. The van der Waals surface area contributed by atoms with Gasteiger partial charge in [-0.3, -0.25) is 4.90 Å². The number of fused-ring (bicyclic) bond motifs is 1. The highest BCUT2D eigenvalue weighted by molar-refractivity contribution is 5.95. The van der Waals surface area contributed by atoms with Crippen molar-refractivity contribution in [2.75, 3.05) is 13.1 Å². The summed E-state index contributed by atoms with van der Waals surface area (Å²) in [6.45, 7) is 6.81. The molecule has 2 unspecified atom stereocenters. The molecular weight excluding hydrogens is 317 g/mol. The Balaban J connectivity index is 1.75. The molecule has 3 heterocycles. The van der Waals surface area contributed by atoms with Crippen LogP contribution in [0.3, 0.4) is 0 Å². The van der Waals surface area contributed by atoms with Gasteiger partial charge >= 0.3 is 0 Å². The number of halogens is 1. The fraction of sp³-hybridized carbons (Fsp3) is 0.350. The quantitative estimate of drug-likeness (QED) is 0.785. The van der Waals surface area contributed by atoms with Crippen LogP contribution in [0.5, 0.6) is 0 Å². The number of aromatic amines is 1. The SMILES string of the molecule is CC1CN(Cc2[nH]c3ncccc3c2-c2ccc(F)cc2)CC(C)O1. The Bertz CT molecular complexity index is 864. The van der Waals surface area contributed by atoms with Crippen molar-refractivity contribution < 1.29 is 9.13 Å². The average Bonchev–Trinajstić information content (AvgIpc) is 2.92. The van der Waals surface area contributed by atoms with Gasteiger partial charge < -0.3 is 9.72 Å². The van der Waals surface area contributed by atoms with Gasteiger partial charge in [0.25, 0.3) is 0 Å². The lowest BCUT2D eigenvalue weighted by Crippen LogP contribution is -2.44. The zero-order valence-corrected chi connectivity index (χ0v) is 14.5. The van der Waals surface area contributed by atoms with Gasteiger partial charge in [-0.05, 0) is 43.7 Å². The van der Waals surface area contributed by atoms with E-state index in [9.17, 15) is 4.39 Å². The van der Waals surface area contributed by atoms with Gasteiger partial charge in [-0.25, -0.2) is 9.37 Å². The van der Waals surface area contributed by atoms with Gasteiger partial charge in [-0.1, -0.05) is 12.1 Å². The summed E-state index contributed by atoms with van der Waals surface area (Å²) in [4.78, 5) is 10.3. The molecule has 3 aromatic rings. The van der Waals surface area contributed by atoms with E-state index in [-0.39, 0.29) is 18.0 Å². The summed E-state index contributed by atoms with van der Waals surface area (Å²) in [5, 5.41) is 1.07. The molecule has 2 atom stereocenters. The number of hydrogen-bond donors (Lipinski definition) is 1. The van der Waals surface area contributed by atoms with Gasteiger partial charge in [0.05, 0.1) is 12.2 Å². The minimum atomic E-state index is -0.223. The van der Waals surface area contributed by atoms with Gasteiger partial charge in [-0.15, -0.1) is 0 Å². The largest absolute Gasteiger partial charge is 0.373 e. The fourth-order valence-corrected chi connectivity index (χ4v) is 3.78. The lowest BCUT2D eigenvalue weighted by atomic mass is 10.0. The Labute approximate surface area is 146 Å². The first kappa shape index (κ1) is 16.2. The van der Waals surface area contributed by atoms with Crippen molar-refractivity contribution in [2.24, 2.45) is 0 Å². The van der Waals surface area contributed by atoms with E-state index in [4.69, 9.17) is 4.74 Å². The van der Waals surface area contributed by atoms with Crippen LogP contribution in [-0.4, -0.2) is 40.2 Å². The van der Waals surface area contributed by atoms with Crippen LogP contribution in [0.1, 0.15) is 19.5 Å². The third kappa shape index (κ3) is 3.30. The monoisotopic (exact) mass is 339 g/mol. The number of morpholine rings is 1. The predicted octanol–water partition coefficient (Wildman–Crippen LogP) is 3.98. The molecule has 0 aliphatic carbocycles. The summed E-state index contributed by atoms with van der Waals surface area (Å²) in [5.74, 6) is -0.223. The second-order valence-corrected chi connectivity index (χ2v) is 6.84. The molecule has 5 heteroatoms. The summed E-state index contributed by atoms with van der Waals surface area (Å²) >= 11 is 0. The fourth-order valence-electron chi connectivity index (χ4n) is 3.78. The summed E-state index contributed by atoms with van der Waals surface area (Å²) in [7, 11) is 0. The lowest BCUT2D eigenvalue weighted by molar-refractivity contribution is -0.0706. The Kier molecular flexibility index (Phi) is 4.27. The first-order valence-corrected chi connectivity index (χ1v) is 8.69. The Morgan fingerprint density at radius 1 is 1.16 bits per heavy atom. The molecule has 1 aliphatic heterocycles. The van der Waals surface area contributed by atoms with E-state index in [1.165, 1.54) is 12.1 Å². The number of pyridine rings is 1. The number of aromatic nitrogens is 2. The molecule has 25 heavy (non-hydrogen) atoms. The Morgan fingerprint density at radius 2 is 1.88 bits per heavy atom. The number of nitrogens with zero attached hydrogens (tertiary/aromatic N) is 2. The Hall–Kier alpha value is -2.24. The number of hydrogen-bond acceptors (Lipinski definition) is 3. The zero-order valence-electron chi connectivity index (χ0n) is 14.5. The van der Waals surface area contributed by atoms with Gasteiger partial charge in [0.1, 0.15) is 11.5 Å². The molecule has 2 aromatic heterocycles. The molecule has 1 aliphatic rings. The Morgan fingerprint density at radius 3 is 2.60 bits per heavy atom. The molecule has 130 valence electrons. The second-order valence-electron chi connectivity index (χ2n) is 6.84. The highest BCUT2D eigenvalue weighted by Crippen LogP contribution is 2.33. The summed E-state index contributed by atoms with van der Waals surface area (Å²) in [6, 6.07) is 10.7. The molecule has 4 nitrogen and oxygen atoms in total. The van der Waals surface area contributed by atoms with Crippen molar-refractivity contribution in [3.05, 3.63) is 54.1 Å². The van der Waals surface area contributed by atoms with Gasteiger partial charge in [-0.2, -0.15) is 0 Å². The van der Waals surface area contributed by atoms with Crippen molar-refractivity contribution in [1.29, 1.82) is 0 Å². The van der Waals surface area contributed by atoms with Crippen LogP contribution in [0, 0.1) is 5.82 Å². The molecule has 1 N–H and O–H groups in total. The number of rotatable bonds is 3. The van der Waals surface area contributed by atoms with Crippen molar-refractivity contribution in [1.82, 2.24) is 14.9 Å². The van der Waals surface area contributed by atoms with E-state index in [2.05, 4.69) is 34.8 Å². The summed E-state index contributed by atoms with van der Waals surface area (Å²) in [5.41, 5.74) is 4.09. The average molecular weight is 339 g/mol. The minimum Gasteiger partial charge on any atom is -0.373 e. The number of H-pyrrole nitrogens is 1. The van der Waals surface area contributed by atoms with E-state index < -0.39 is 0 Å². The van der Waals surface area contributed by atoms with Crippen LogP contribution in [0.15, 0.2) is 42.6 Å². The molecule has 0 bridgehead atoms. The molecule has 0 spiro atoms. The maximum absolute atomic E-state index is 13.4.